The number of hydrogen-bond acceptors (Lipinski definition) is 2. The minimum atomic E-state index is -0.636. The van der Waals surface area contributed by atoms with Crippen molar-refractivity contribution < 1.29 is 9.90 Å². The van der Waals surface area contributed by atoms with E-state index in [2.05, 4.69) is 4.90 Å². The predicted octanol–water partition coefficient (Wildman–Crippen LogP) is 0.905. The van der Waals surface area contributed by atoms with Gasteiger partial charge in [-0.25, -0.2) is 0 Å². The van der Waals surface area contributed by atoms with Crippen LogP contribution in [0.15, 0.2) is 0 Å². The largest absolute Gasteiger partial charge is 0.481 e. The molecule has 1 heterocycles. The number of piperidine rings is 1. The summed E-state index contributed by atoms with van der Waals surface area (Å²) < 4.78 is 0. The highest BCUT2D eigenvalue weighted by atomic mass is 16.4. The van der Waals surface area contributed by atoms with Gasteiger partial charge in [-0.3, -0.25) is 4.79 Å². The molecule has 0 aromatic carbocycles. The molecule has 0 bridgehead atoms. The molecular weight excluding hydrogens is 154 g/mol. The number of hydrogen-bond donors (Lipinski definition) is 1. The van der Waals surface area contributed by atoms with Gasteiger partial charge < -0.3 is 10.0 Å². The summed E-state index contributed by atoms with van der Waals surface area (Å²) in [6.07, 6.45) is 0. The maximum Gasteiger partial charge on any atom is 0.307 e. The van der Waals surface area contributed by atoms with Gasteiger partial charge in [0.2, 0.25) is 0 Å². The van der Waals surface area contributed by atoms with Crippen LogP contribution in [0.1, 0.15) is 13.8 Å². The molecule has 1 saturated heterocycles. The normalized spacial score (nSPS) is 38.1. The molecule has 0 saturated carbocycles. The van der Waals surface area contributed by atoms with Crippen molar-refractivity contribution in [1.82, 2.24) is 4.90 Å². The van der Waals surface area contributed by atoms with Crippen molar-refractivity contribution >= 4 is 5.97 Å². The zero-order valence-corrected chi connectivity index (χ0v) is 7.95. The van der Waals surface area contributed by atoms with E-state index >= 15 is 0 Å². The smallest absolute Gasteiger partial charge is 0.307 e. The monoisotopic (exact) mass is 171 g/mol. The molecule has 0 amide bonds. The number of carbonyl (C=O) groups is 1. The minimum Gasteiger partial charge on any atom is -0.481 e. The van der Waals surface area contributed by atoms with E-state index in [1.165, 1.54) is 0 Å². The summed E-state index contributed by atoms with van der Waals surface area (Å²) in [5.41, 5.74) is 0. The first kappa shape index (κ1) is 9.52. The lowest BCUT2D eigenvalue weighted by Crippen LogP contribution is -2.45. The number of rotatable bonds is 1. The van der Waals surface area contributed by atoms with Gasteiger partial charge in [-0.05, 0) is 18.9 Å². The topological polar surface area (TPSA) is 40.5 Å². The van der Waals surface area contributed by atoms with Crippen LogP contribution in [-0.2, 0) is 4.79 Å². The first-order valence-corrected chi connectivity index (χ1v) is 4.43. The lowest BCUT2D eigenvalue weighted by atomic mass is 9.80. The minimum absolute atomic E-state index is 0.152. The molecule has 1 aliphatic heterocycles. The molecule has 0 radical (unpaired) electrons. The first-order chi connectivity index (χ1) is 5.52. The number of carboxylic acid groups (broad SMARTS) is 1. The molecule has 0 aliphatic carbocycles. The van der Waals surface area contributed by atoms with Crippen LogP contribution in [0.2, 0.25) is 0 Å². The Morgan fingerprint density at radius 2 is 1.75 bits per heavy atom. The second kappa shape index (κ2) is 3.44. The van der Waals surface area contributed by atoms with E-state index in [1.807, 2.05) is 20.9 Å². The molecule has 3 heteroatoms. The van der Waals surface area contributed by atoms with Crippen molar-refractivity contribution in [2.75, 3.05) is 20.1 Å². The van der Waals surface area contributed by atoms with Gasteiger partial charge in [0.05, 0.1) is 5.92 Å². The third-order valence-corrected chi connectivity index (χ3v) is 2.71. The average molecular weight is 171 g/mol. The molecule has 1 aliphatic rings. The zero-order chi connectivity index (χ0) is 9.30. The van der Waals surface area contributed by atoms with Crippen LogP contribution in [-0.4, -0.2) is 36.1 Å². The van der Waals surface area contributed by atoms with E-state index in [9.17, 15) is 4.79 Å². The van der Waals surface area contributed by atoms with Gasteiger partial charge >= 0.3 is 5.97 Å². The number of nitrogens with zero attached hydrogens (tertiary/aromatic N) is 1. The molecule has 12 heavy (non-hydrogen) atoms. The molecule has 1 rings (SSSR count). The lowest BCUT2D eigenvalue weighted by molar-refractivity contribution is -0.147. The maximum atomic E-state index is 10.9. The van der Waals surface area contributed by atoms with Gasteiger partial charge in [0.1, 0.15) is 0 Å². The fraction of sp³-hybridized carbons (Fsp3) is 0.889. The Labute approximate surface area is 73.4 Å². The van der Waals surface area contributed by atoms with Gasteiger partial charge in [0.15, 0.2) is 0 Å². The Bertz CT molecular complexity index is 169. The van der Waals surface area contributed by atoms with Crippen molar-refractivity contribution in [2.45, 2.75) is 13.8 Å². The molecule has 2 atom stereocenters. The van der Waals surface area contributed by atoms with Crippen LogP contribution >= 0.6 is 0 Å². The summed E-state index contributed by atoms with van der Waals surface area (Å²) in [5.74, 6) is -0.239. The van der Waals surface area contributed by atoms with E-state index in [0.717, 1.165) is 13.1 Å². The fourth-order valence-corrected chi connectivity index (χ4v) is 2.33. The van der Waals surface area contributed by atoms with Gasteiger partial charge in [0.25, 0.3) is 0 Å². The SMILES string of the molecule is CC1CN(C)CC(C)C1C(=O)O. The first-order valence-electron chi connectivity index (χ1n) is 4.43. The quantitative estimate of drug-likeness (QED) is 0.637. The third-order valence-electron chi connectivity index (χ3n) is 2.71. The molecule has 1 fully saturated rings. The number of carboxylic acids is 1. The second-order valence-electron chi connectivity index (χ2n) is 4.04. The van der Waals surface area contributed by atoms with Gasteiger partial charge in [-0.15, -0.1) is 0 Å². The van der Waals surface area contributed by atoms with E-state index < -0.39 is 5.97 Å². The van der Waals surface area contributed by atoms with Crippen LogP contribution in [0, 0.1) is 17.8 Å². The summed E-state index contributed by atoms with van der Waals surface area (Å²) in [4.78, 5) is 13.1. The molecule has 0 spiro atoms. The van der Waals surface area contributed by atoms with Crippen LogP contribution in [0.4, 0.5) is 0 Å². The van der Waals surface area contributed by atoms with E-state index in [4.69, 9.17) is 5.11 Å². The molecule has 0 aromatic rings. The number of likely N-dealkylation sites (tertiary alicyclic amines) is 1. The molecule has 70 valence electrons. The fourth-order valence-electron chi connectivity index (χ4n) is 2.33. The summed E-state index contributed by atoms with van der Waals surface area (Å²) in [7, 11) is 2.05. The lowest BCUT2D eigenvalue weighted by Gasteiger charge is -2.37. The summed E-state index contributed by atoms with van der Waals surface area (Å²) in [6, 6.07) is 0. The Morgan fingerprint density at radius 1 is 1.33 bits per heavy atom. The predicted molar refractivity (Wildman–Crippen MR) is 47.0 cm³/mol. The highest BCUT2D eigenvalue weighted by molar-refractivity contribution is 5.70. The molecule has 1 N–H and O–H groups in total. The maximum absolute atomic E-state index is 10.9. The Balaban J connectivity index is 2.66. The van der Waals surface area contributed by atoms with Gasteiger partial charge in [0, 0.05) is 13.1 Å². The highest BCUT2D eigenvalue weighted by Crippen LogP contribution is 2.27. The summed E-state index contributed by atoms with van der Waals surface area (Å²) >= 11 is 0. The number of aliphatic carboxylic acids is 1. The van der Waals surface area contributed by atoms with Crippen molar-refractivity contribution in [3.8, 4) is 0 Å². The van der Waals surface area contributed by atoms with Crippen molar-refractivity contribution in [3.63, 3.8) is 0 Å². The van der Waals surface area contributed by atoms with Crippen LogP contribution in [0.3, 0.4) is 0 Å². The van der Waals surface area contributed by atoms with Gasteiger partial charge in [-0.1, -0.05) is 13.8 Å². The standard InChI is InChI=1S/C9H17NO2/c1-6-4-10(3)5-7(2)8(6)9(11)12/h6-8H,4-5H2,1-3H3,(H,11,12). The Morgan fingerprint density at radius 3 is 2.08 bits per heavy atom. The molecule has 2 unspecified atom stereocenters. The highest BCUT2D eigenvalue weighted by Gasteiger charge is 2.35. The average Bonchev–Trinajstić information content (AvgIpc) is 1.82. The molecular formula is C9H17NO2. The molecule has 0 aromatic heterocycles. The van der Waals surface area contributed by atoms with Crippen molar-refractivity contribution in [3.05, 3.63) is 0 Å². The summed E-state index contributed by atoms with van der Waals surface area (Å²) in [5, 5.41) is 8.95. The third kappa shape index (κ3) is 1.78. The van der Waals surface area contributed by atoms with Crippen molar-refractivity contribution in [1.29, 1.82) is 0 Å². The van der Waals surface area contributed by atoms with Crippen LogP contribution < -0.4 is 0 Å². The molecule has 3 nitrogen and oxygen atoms in total. The Kier molecular flexibility index (Phi) is 2.73. The van der Waals surface area contributed by atoms with Crippen molar-refractivity contribution in [2.24, 2.45) is 17.8 Å². The summed E-state index contributed by atoms with van der Waals surface area (Å²) in [6.45, 7) is 5.85. The Hall–Kier alpha value is -0.570. The zero-order valence-electron chi connectivity index (χ0n) is 7.95. The second-order valence-corrected chi connectivity index (χ2v) is 4.04. The van der Waals surface area contributed by atoms with Crippen LogP contribution in [0.25, 0.3) is 0 Å². The van der Waals surface area contributed by atoms with Gasteiger partial charge in [-0.2, -0.15) is 0 Å². The van der Waals surface area contributed by atoms with E-state index in [-0.39, 0.29) is 17.8 Å². The van der Waals surface area contributed by atoms with E-state index in [0.29, 0.717) is 0 Å². The van der Waals surface area contributed by atoms with E-state index in [1.54, 1.807) is 0 Å². The van der Waals surface area contributed by atoms with Crippen LogP contribution in [0.5, 0.6) is 0 Å².